The molecule has 5 nitrogen and oxygen atoms in total. The minimum Gasteiger partial charge on any atom is -0.458 e. The number of hydrogen-bond acceptors (Lipinski definition) is 4. The summed E-state index contributed by atoms with van der Waals surface area (Å²) in [6, 6.07) is 14.0. The standard InChI is InChI=1S/C19H16ClN3O2/c20-14-10-21-19(22-11-14)25-15-8-9-23(12-15)18(24)17-7-3-5-13-4-1-2-6-16(13)17/h1-7,10-11,15H,8-9,12H2/t15-/m0/s1. The number of aromatic nitrogens is 2. The van der Waals surface area contributed by atoms with Crippen molar-refractivity contribution in [1.29, 1.82) is 0 Å². The summed E-state index contributed by atoms with van der Waals surface area (Å²) in [5.74, 6) is 0.0277. The normalized spacial score (nSPS) is 17.0. The van der Waals surface area contributed by atoms with Crippen LogP contribution in [0.25, 0.3) is 10.8 Å². The molecule has 2 heterocycles. The lowest BCUT2D eigenvalue weighted by Crippen LogP contribution is -2.31. The van der Waals surface area contributed by atoms with Crippen molar-refractivity contribution in [2.75, 3.05) is 13.1 Å². The third-order valence-corrected chi connectivity index (χ3v) is 4.52. The molecule has 1 amide bonds. The lowest BCUT2D eigenvalue weighted by Gasteiger charge is -2.18. The van der Waals surface area contributed by atoms with Gasteiger partial charge in [-0.3, -0.25) is 4.79 Å². The van der Waals surface area contributed by atoms with Crippen molar-refractivity contribution < 1.29 is 9.53 Å². The molecule has 0 saturated carbocycles. The van der Waals surface area contributed by atoms with E-state index in [-0.39, 0.29) is 18.0 Å². The van der Waals surface area contributed by atoms with Crippen molar-refractivity contribution in [2.24, 2.45) is 0 Å². The number of fused-ring (bicyclic) bond motifs is 1. The molecule has 0 bridgehead atoms. The van der Waals surface area contributed by atoms with Gasteiger partial charge >= 0.3 is 6.01 Å². The molecule has 1 aliphatic rings. The monoisotopic (exact) mass is 353 g/mol. The number of ether oxygens (including phenoxy) is 1. The van der Waals surface area contributed by atoms with Crippen molar-refractivity contribution in [3.63, 3.8) is 0 Å². The number of halogens is 1. The summed E-state index contributed by atoms with van der Waals surface area (Å²) in [6.45, 7) is 1.17. The highest BCUT2D eigenvalue weighted by Gasteiger charge is 2.29. The summed E-state index contributed by atoms with van der Waals surface area (Å²) in [4.78, 5) is 22.8. The SMILES string of the molecule is O=C(c1cccc2ccccc12)N1CC[C@H](Oc2ncc(Cl)cn2)C1. The minimum absolute atomic E-state index is 0.0277. The first-order valence-electron chi connectivity index (χ1n) is 8.12. The molecule has 1 fully saturated rings. The second kappa shape index (κ2) is 6.69. The van der Waals surface area contributed by atoms with E-state index in [2.05, 4.69) is 9.97 Å². The summed E-state index contributed by atoms with van der Waals surface area (Å²) in [6.07, 6.45) is 3.64. The molecule has 6 heteroatoms. The van der Waals surface area contributed by atoms with Crippen LogP contribution >= 0.6 is 11.6 Å². The van der Waals surface area contributed by atoms with Crippen LogP contribution in [-0.4, -0.2) is 40.0 Å². The van der Waals surface area contributed by atoms with Gasteiger partial charge in [-0.2, -0.15) is 0 Å². The molecule has 1 aliphatic heterocycles. The lowest BCUT2D eigenvalue weighted by molar-refractivity contribution is 0.0771. The Morgan fingerprint density at radius 3 is 2.72 bits per heavy atom. The molecule has 0 spiro atoms. The molecule has 25 heavy (non-hydrogen) atoms. The van der Waals surface area contributed by atoms with Crippen LogP contribution < -0.4 is 4.74 Å². The molecular formula is C19H16ClN3O2. The van der Waals surface area contributed by atoms with Crippen LogP contribution in [-0.2, 0) is 0 Å². The average Bonchev–Trinajstić information content (AvgIpc) is 3.11. The maximum Gasteiger partial charge on any atom is 0.316 e. The maximum atomic E-state index is 12.9. The summed E-state index contributed by atoms with van der Waals surface area (Å²) < 4.78 is 5.76. The Balaban J connectivity index is 1.49. The fourth-order valence-electron chi connectivity index (χ4n) is 3.10. The Morgan fingerprint density at radius 2 is 1.88 bits per heavy atom. The van der Waals surface area contributed by atoms with Gasteiger partial charge in [-0.05, 0) is 16.8 Å². The highest BCUT2D eigenvalue weighted by atomic mass is 35.5. The molecule has 1 saturated heterocycles. The number of carbonyl (C=O) groups excluding carboxylic acids is 1. The molecule has 3 aromatic rings. The van der Waals surface area contributed by atoms with Gasteiger partial charge in [-0.25, -0.2) is 9.97 Å². The molecule has 1 atom stereocenters. The fourth-order valence-corrected chi connectivity index (χ4v) is 3.20. The molecule has 1 aromatic heterocycles. The zero-order chi connectivity index (χ0) is 17.2. The first-order chi connectivity index (χ1) is 12.2. The van der Waals surface area contributed by atoms with Crippen LogP contribution in [0, 0.1) is 0 Å². The van der Waals surface area contributed by atoms with Crippen LogP contribution in [0.5, 0.6) is 6.01 Å². The number of benzene rings is 2. The quantitative estimate of drug-likeness (QED) is 0.722. The molecule has 0 radical (unpaired) electrons. The van der Waals surface area contributed by atoms with E-state index in [1.54, 1.807) is 0 Å². The van der Waals surface area contributed by atoms with Crippen molar-refractivity contribution in [1.82, 2.24) is 14.9 Å². The van der Waals surface area contributed by atoms with Gasteiger partial charge in [0.25, 0.3) is 5.91 Å². The van der Waals surface area contributed by atoms with Crippen LogP contribution in [0.2, 0.25) is 5.02 Å². The van der Waals surface area contributed by atoms with Gasteiger partial charge in [0.1, 0.15) is 6.10 Å². The molecule has 126 valence electrons. The van der Waals surface area contributed by atoms with Gasteiger partial charge in [0.05, 0.1) is 24.0 Å². The van der Waals surface area contributed by atoms with Crippen molar-refractivity contribution in [3.8, 4) is 6.01 Å². The molecule has 0 unspecified atom stereocenters. The second-order valence-corrected chi connectivity index (χ2v) is 6.43. The fraction of sp³-hybridized carbons (Fsp3) is 0.211. The van der Waals surface area contributed by atoms with E-state index in [0.29, 0.717) is 18.1 Å². The molecular weight excluding hydrogens is 338 g/mol. The van der Waals surface area contributed by atoms with Crippen LogP contribution in [0.15, 0.2) is 54.9 Å². The van der Waals surface area contributed by atoms with E-state index in [9.17, 15) is 4.79 Å². The first-order valence-corrected chi connectivity index (χ1v) is 8.50. The van der Waals surface area contributed by atoms with E-state index in [1.165, 1.54) is 12.4 Å². The number of likely N-dealkylation sites (tertiary alicyclic amines) is 1. The average molecular weight is 354 g/mol. The maximum absolute atomic E-state index is 12.9. The van der Waals surface area contributed by atoms with Crippen molar-refractivity contribution >= 4 is 28.3 Å². The highest BCUT2D eigenvalue weighted by Crippen LogP contribution is 2.23. The van der Waals surface area contributed by atoms with Gasteiger partial charge < -0.3 is 9.64 Å². The molecule has 4 rings (SSSR count). The first kappa shape index (κ1) is 15.8. The largest absolute Gasteiger partial charge is 0.458 e. The molecule has 0 aliphatic carbocycles. The lowest BCUT2D eigenvalue weighted by atomic mass is 10.0. The Labute approximate surface area is 150 Å². The van der Waals surface area contributed by atoms with E-state index in [1.807, 2.05) is 47.4 Å². The number of carbonyl (C=O) groups is 1. The van der Waals surface area contributed by atoms with E-state index in [0.717, 1.165) is 22.8 Å². The number of nitrogens with zero attached hydrogens (tertiary/aromatic N) is 3. The van der Waals surface area contributed by atoms with Gasteiger partial charge in [0.2, 0.25) is 0 Å². The Bertz CT molecular complexity index is 909. The summed E-state index contributed by atoms with van der Waals surface area (Å²) in [7, 11) is 0. The van der Waals surface area contributed by atoms with Gasteiger partial charge in [-0.15, -0.1) is 0 Å². The third-order valence-electron chi connectivity index (χ3n) is 4.32. The van der Waals surface area contributed by atoms with E-state index in [4.69, 9.17) is 16.3 Å². The van der Waals surface area contributed by atoms with Crippen LogP contribution in [0.3, 0.4) is 0 Å². The van der Waals surface area contributed by atoms with Gasteiger partial charge in [-0.1, -0.05) is 48.0 Å². The second-order valence-electron chi connectivity index (χ2n) is 5.99. The van der Waals surface area contributed by atoms with Gasteiger partial charge in [0, 0.05) is 18.5 Å². The Morgan fingerprint density at radius 1 is 1.12 bits per heavy atom. The molecule has 2 aromatic carbocycles. The van der Waals surface area contributed by atoms with Crippen LogP contribution in [0.1, 0.15) is 16.8 Å². The third kappa shape index (κ3) is 3.28. The highest BCUT2D eigenvalue weighted by molar-refractivity contribution is 6.30. The van der Waals surface area contributed by atoms with E-state index >= 15 is 0 Å². The smallest absolute Gasteiger partial charge is 0.316 e. The minimum atomic E-state index is -0.111. The van der Waals surface area contributed by atoms with Crippen molar-refractivity contribution in [3.05, 3.63) is 65.4 Å². The van der Waals surface area contributed by atoms with Gasteiger partial charge in [0.15, 0.2) is 0 Å². The Kier molecular flexibility index (Phi) is 4.24. The number of rotatable bonds is 3. The summed E-state index contributed by atoms with van der Waals surface area (Å²) in [5, 5.41) is 2.50. The summed E-state index contributed by atoms with van der Waals surface area (Å²) >= 11 is 5.78. The summed E-state index contributed by atoms with van der Waals surface area (Å²) in [5.41, 5.74) is 0.724. The zero-order valence-corrected chi connectivity index (χ0v) is 14.2. The predicted molar refractivity (Wildman–Crippen MR) is 95.9 cm³/mol. The Hall–Kier alpha value is -2.66. The van der Waals surface area contributed by atoms with Crippen molar-refractivity contribution in [2.45, 2.75) is 12.5 Å². The molecule has 0 N–H and O–H groups in total. The van der Waals surface area contributed by atoms with Crippen LogP contribution in [0.4, 0.5) is 0 Å². The topological polar surface area (TPSA) is 55.3 Å². The predicted octanol–water partition coefficient (Wildman–Crippen LogP) is 3.58. The number of hydrogen-bond donors (Lipinski definition) is 0. The van der Waals surface area contributed by atoms with E-state index < -0.39 is 0 Å². The number of amides is 1. The zero-order valence-electron chi connectivity index (χ0n) is 13.4.